The Hall–Kier alpha value is -3.36. The maximum Gasteiger partial charge on any atom is 0.259 e. The van der Waals surface area contributed by atoms with Crippen LogP contribution in [0.1, 0.15) is 46.0 Å². The molecule has 1 saturated heterocycles. The minimum absolute atomic E-state index is 0.0690. The van der Waals surface area contributed by atoms with Crippen molar-refractivity contribution in [1.82, 2.24) is 4.90 Å². The van der Waals surface area contributed by atoms with Crippen LogP contribution in [-0.2, 0) is 4.79 Å². The highest BCUT2D eigenvalue weighted by Gasteiger charge is 2.27. The van der Waals surface area contributed by atoms with Crippen LogP contribution in [0.5, 0.6) is 0 Å². The van der Waals surface area contributed by atoms with Crippen molar-refractivity contribution < 1.29 is 18.8 Å². The Kier molecular flexibility index (Phi) is 8.28. The third kappa shape index (κ3) is 6.25. The first-order valence-electron chi connectivity index (χ1n) is 12.1. The maximum absolute atomic E-state index is 13.6. The number of nitrogens with zero attached hydrogens (tertiary/aromatic N) is 2. The lowest BCUT2D eigenvalue weighted by atomic mass is 9.89. The molecule has 2 heterocycles. The van der Waals surface area contributed by atoms with E-state index in [0.717, 1.165) is 36.5 Å². The monoisotopic (exact) mass is 507 g/mol. The zero-order valence-electron chi connectivity index (χ0n) is 20.5. The Balaban J connectivity index is 1.40. The fourth-order valence-electron chi connectivity index (χ4n) is 4.54. The van der Waals surface area contributed by atoms with Gasteiger partial charge in [-0.3, -0.25) is 19.3 Å². The summed E-state index contributed by atoms with van der Waals surface area (Å²) in [4.78, 5) is 41.9. The predicted octanol–water partition coefficient (Wildman–Crippen LogP) is 5.40. The lowest BCUT2D eigenvalue weighted by Gasteiger charge is -2.33. The molecule has 1 aromatic heterocycles. The number of nitrogens with one attached hydrogen (secondary N) is 1. The molecule has 0 bridgehead atoms. The van der Waals surface area contributed by atoms with E-state index in [1.54, 1.807) is 36.4 Å². The van der Waals surface area contributed by atoms with E-state index in [1.165, 1.54) is 30.4 Å². The molecule has 1 N–H and O–H groups in total. The average molecular weight is 508 g/mol. The average Bonchev–Trinajstić information content (AvgIpc) is 3.29. The molecule has 4 rings (SSSR count). The first kappa shape index (κ1) is 25.7. The molecule has 3 aromatic rings. The molecular weight excluding hydrogens is 477 g/mol. The number of aryl methyl sites for hydroxylation is 1. The van der Waals surface area contributed by atoms with Gasteiger partial charge < -0.3 is 10.2 Å². The second-order valence-electron chi connectivity index (χ2n) is 9.11. The van der Waals surface area contributed by atoms with Crippen LogP contribution in [0.4, 0.5) is 15.1 Å². The summed E-state index contributed by atoms with van der Waals surface area (Å²) in [5.41, 5.74) is 2.69. The van der Waals surface area contributed by atoms with Crippen LogP contribution in [0.3, 0.4) is 0 Å². The Morgan fingerprint density at radius 2 is 1.78 bits per heavy atom. The van der Waals surface area contributed by atoms with Gasteiger partial charge in [0.25, 0.3) is 5.91 Å². The van der Waals surface area contributed by atoms with Crippen molar-refractivity contribution in [1.29, 1.82) is 0 Å². The second kappa shape index (κ2) is 11.6. The number of anilines is 2. The zero-order chi connectivity index (χ0) is 25.7. The van der Waals surface area contributed by atoms with Gasteiger partial charge in [-0.25, -0.2) is 4.39 Å². The van der Waals surface area contributed by atoms with Crippen molar-refractivity contribution in [3.8, 4) is 0 Å². The van der Waals surface area contributed by atoms with Crippen LogP contribution >= 0.6 is 11.3 Å². The standard InChI is InChI=1S/C28H30FN3O3S/c1-19-12-17-36-28(19)32(27(35)23-4-3-5-25(18-23)30-20(2)33)16-15-31-13-10-22(11-14-31)26(34)21-6-8-24(29)9-7-21/h3-9,12,17-18,22H,10-11,13-16H2,1-2H3,(H,30,33). The van der Waals surface area contributed by atoms with Crippen molar-refractivity contribution in [2.45, 2.75) is 26.7 Å². The quantitative estimate of drug-likeness (QED) is 0.415. The van der Waals surface area contributed by atoms with E-state index in [-0.39, 0.29) is 29.3 Å². The molecule has 2 aromatic carbocycles. The van der Waals surface area contributed by atoms with Gasteiger partial charge in [0.1, 0.15) is 10.8 Å². The van der Waals surface area contributed by atoms with Crippen LogP contribution in [0.2, 0.25) is 0 Å². The van der Waals surface area contributed by atoms with Gasteiger partial charge >= 0.3 is 0 Å². The van der Waals surface area contributed by atoms with Gasteiger partial charge in [0.15, 0.2) is 5.78 Å². The summed E-state index contributed by atoms with van der Waals surface area (Å²) >= 11 is 1.53. The predicted molar refractivity (Wildman–Crippen MR) is 141 cm³/mol. The number of Topliss-reactive ketones (excluding diaryl/α,β-unsaturated/α-hetero) is 1. The summed E-state index contributed by atoms with van der Waals surface area (Å²) in [6, 6.07) is 14.7. The molecule has 188 valence electrons. The Morgan fingerprint density at radius 1 is 1.06 bits per heavy atom. The number of benzene rings is 2. The number of hydrogen-bond acceptors (Lipinski definition) is 5. The molecule has 2 amide bonds. The molecule has 0 atom stereocenters. The number of thiophene rings is 1. The Morgan fingerprint density at radius 3 is 2.42 bits per heavy atom. The highest BCUT2D eigenvalue weighted by molar-refractivity contribution is 7.14. The topological polar surface area (TPSA) is 69.7 Å². The summed E-state index contributed by atoms with van der Waals surface area (Å²) in [6.07, 6.45) is 1.47. The van der Waals surface area contributed by atoms with Crippen molar-refractivity contribution in [3.63, 3.8) is 0 Å². The number of ketones is 1. The highest BCUT2D eigenvalue weighted by atomic mass is 32.1. The third-order valence-electron chi connectivity index (χ3n) is 6.48. The van der Waals surface area contributed by atoms with Gasteiger partial charge in [0.2, 0.25) is 5.91 Å². The van der Waals surface area contributed by atoms with Crippen LogP contribution in [0.25, 0.3) is 0 Å². The van der Waals surface area contributed by atoms with Gasteiger partial charge in [-0.2, -0.15) is 0 Å². The third-order valence-corrected chi connectivity index (χ3v) is 7.52. The molecule has 1 fully saturated rings. The van der Waals surface area contributed by atoms with Crippen LogP contribution in [0.15, 0.2) is 60.0 Å². The lowest BCUT2D eigenvalue weighted by molar-refractivity contribution is -0.114. The number of hydrogen-bond donors (Lipinski definition) is 1. The fraction of sp³-hybridized carbons (Fsp3) is 0.321. The summed E-state index contributed by atoms with van der Waals surface area (Å²) < 4.78 is 13.2. The SMILES string of the molecule is CC(=O)Nc1cccc(C(=O)N(CCN2CCC(C(=O)c3ccc(F)cc3)CC2)c2sccc2C)c1. The molecule has 0 unspecified atom stereocenters. The smallest absolute Gasteiger partial charge is 0.259 e. The minimum atomic E-state index is -0.344. The number of halogens is 1. The zero-order valence-corrected chi connectivity index (χ0v) is 21.3. The van der Waals surface area contributed by atoms with Gasteiger partial charge in [-0.15, -0.1) is 11.3 Å². The van der Waals surface area contributed by atoms with Crippen LogP contribution < -0.4 is 10.2 Å². The van der Waals surface area contributed by atoms with E-state index < -0.39 is 0 Å². The molecule has 36 heavy (non-hydrogen) atoms. The van der Waals surface area contributed by atoms with Crippen molar-refractivity contribution >= 4 is 39.6 Å². The number of likely N-dealkylation sites (tertiary alicyclic amines) is 1. The Labute approximate surface area is 214 Å². The van der Waals surface area contributed by atoms with Crippen LogP contribution in [-0.4, -0.2) is 48.7 Å². The van der Waals surface area contributed by atoms with E-state index in [9.17, 15) is 18.8 Å². The van der Waals surface area contributed by atoms with Gasteiger partial charge in [0, 0.05) is 42.7 Å². The summed E-state index contributed by atoms with van der Waals surface area (Å²) in [5, 5.41) is 5.62. The highest BCUT2D eigenvalue weighted by Crippen LogP contribution is 2.29. The fourth-order valence-corrected chi connectivity index (χ4v) is 5.49. The number of carbonyl (C=O) groups is 3. The summed E-state index contributed by atoms with van der Waals surface area (Å²) in [5.74, 6) is -0.649. The van der Waals surface area contributed by atoms with E-state index >= 15 is 0 Å². The first-order valence-corrected chi connectivity index (χ1v) is 13.0. The molecular formula is C28H30FN3O3S. The number of amides is 2. The van der Waals surface area contributed by atoms with E-state index in [0.29, 0.717) is 29.9 Å². The van der Waals surface area contributed by atoms with E-state index in [1.807, 2.05) is 23.3 Å². The molecule has 1 aliphatic rings. The van der Waals surface area contributed by atoms with E-state index in [4.69, 9.17) is 0 Å². The number of piperidine rings is 1. The maximum atomic E-state index is 13.6. The molecule has 0 aliphatic carbocycles. The molecule has 1 aliphatic heterocycles. The van der Waals surface area contributed by atoms with Crippen molar-refractivity contribution in [3.05, 3.63) is 82.5 Å². The molecule has 0 radical (unpaired) electrons. The molecule has 6 nitrogen and oxygen atoms in total. The number of rotatable bonds is 8. The van der Waals surface area contributed by atoms with Gasteiger partial charge in [0.05, 0.1) is 0 Å². The van der Waals surface area contributed by atoms with Crippen LogP contribution in [0, 0.1) is 18.7 Å². The lowest BCUT2D eigenvalue weighted by Crippen LogP contribution is -2.42. The normalized spacial score (nSPS) is 14.4. The molecule has 0 spiro atoms. The largest absolute Gasteiger partial charge is 0.326 e. The van der Waals surface area contributed by atoms with E-state index in [2.05, 4.69) is 10.2 Å². The molecule has 8 heteroatoms. The second-order valence-corrected chi connectivity index (χ2v) is 10.0. The van der Waals surface area contributed by atoms with Crippen molar-refractivity contribution in [2.24, 2.45) is 5.92 Å². The summed E-state index contributed by atoms with van der Waals surface area (Å²) in [6.45, 7) is 6.16. The summed E-state index contributed by atoms with van der Waals surface area (Å²) in [7, 11) is 0. The molecule has 0 saturated carbocycles. The minimum Gasteiger partial charge on any atom is -0.326 e. The first-order chi connectivity index (χ1) is 17.3. The van der Waals surface area contributed by atoms with Gasteiger partial charge in [-0.1, -0.05) is 6.07 Å². The van der Waals surface area contributed by atoms with Gasteiger partial charge in [-0.05, 0) is 92.3 Å². The van der Waals surface area contributed by atoms with Crippen molar-refractivity contribution in [2.75, 3.05) is 36.4 Å². The number of carbonyl (C=O) groups excluding carboxylic acids is 3. The Bertz CT molecular complexity index is 1230.